The summed E-state index contributed by atoms with van der Waals surface area (Å²) in [7, 11) is 1.16. The molecule has 3 aromatic carbocycles. The van der Waals surface area contributed by atoms with E-state index < -0.39 is 30.3 Å². The molecule has 2 atom stereocenters. The van der Waals surface area contributed by atoms with Crippen LogP contribution in [0.2, 0.25) is 0 Å². The van der Waals surface area contributed by atoms with Crippen LogP contribution in [0.1, 0.15) is 111 Å². The summed E-state index contributed by atoms with van der Waals surface area (Å²) in [5, 5.41) is 0. The lowest BCUT2D eigenvalue weighted by atomic mass is 10.00. The molecule has 0 spiro atoms. The number of ether oxygens (including phenoxy) is 4. The molecular formula is C40H51F3O6. The summed E-state index contributed by atoms with van der Waals surface area (Å²) in [6.45, 7) is 5.03. The molecule has 0 aliphatic heterocycles. The van der Waals surface area contributed by atoms with Crippen LogP contribution in [0.3, 0.4) is 0 Å². The first-order valence-electron chi connectivity index (χ1n) is 17.6. The maximum absolute atomic E-state index is 13.8. The summed E-state index contributed by atoms with van der Waals surface area (Å²) < 4.78 is 62.1. The molecule has 0 saturated carbocycles. The van der Waals surface area contributed by atoms with Gasteiger partial charge >= 0.3 is 18.1 Å². The predicted molar refractivity (Wildman–Crippen MR) is 186 cm³/mol. The van der Waals surface area contributed by atoms with Gasteiger partial charge in [0, 0.05) is 20.3 Å². The summed E-state index contributed by atoms with van der Waals surface area (Å²) in [6, 6.07) is 20.7. The number of hydrogen-bond donors (Lipinski definition) is 0. The number of carbonyl (C=O) groups is 2. The van der Waals surface area contributed by atoms with Crippen LogP contribution in [0.5, 0.6) is 5.75 Å². The number of unbranched alkanes of at least 4 members (excludes halogenated alkanes) is 8. The Morgan fingerprint density at radius 1 is 0.673 bits per heavy atom. The molecule has 2 unspecified atom stereocenters. The van der Waals surface area contributed by atoms with E-state index in [1.54, 1.807) is 12.1 Å². The zero-order valence-electron chi connectivity index (χ0n) is 29.1. The summed E-state index contributed by atoms with van der Waals surface area (Å²) in [5.41, 5.74) is 3.55. The van der Waals surface area contributed by atoms with Crippen LogP contribution in [-0.2, 0) is 20.6 Å². The lowest BCUT2D eigenvalue weighted by Gasteiger charge is -2.27. The Labute approximate surface area is 289 Å². The van der Waals surface area contributed by atoms with E-state index in [9.17, 15) is 22.8 Å². The normalized spacial score (nSPS) is 12.8. The van der Waals surface area contributed by atoms with Crippen molar-refractivity contribution in [2.24, 2.45) is 0 Å². The van der Waals surface area contributed by atoms with Gasteiger partial charge < -0.3 is 18.9 Å². The highest BCUT2D eigenvalue weighted by molar-refractivity contribution is 5.92. The Morgan fingerprint density at radius 3 is 1.80 bits per heavy atom. The summed E-state index contributed by atoms with van der Waals surface area (Å²) in [5.74, 6) is -1.63. The fourth-order valence-electron chi connectivity index (χ4n) is 5.57. The lowest BCUT2D eigenvalue weighted by Crippen LogP contribution is -2.44. The second-order valence-electron chi connectivity index (χ2n) is 12.2. The topological polar surface area (TPSA) is 71.1 Å². The predicted octanol–water partition coefficient (Wildman–Crippen LogP) is 10.6. The van der Waals surface area contributed by atoms with Gasteiger partial charge in [0.05, 0.1) is 11.1 Å². The Bertz CT molecular complexity index is 1370. The van der Waals surface area contributed by atoms with Crippen molar-refractivity contribution in [1.29, 1.82) is 0 Å². The molecule has 0 amide bonds. The molecule has 9 heteroatoms. The van der Waals surface area contributed by atoms with Crippen molar-refractivity contribution < 1.29 is 41.7 Å². The first-order chi connectivity index (χ1) is 23.7. The lowest BCUT2D eigenvalue weighted by molar-refractivity contribution is -0.234. The van der Waals surface area contributed by atoms with Crippen molar-refractivity contribution in [2.75, 3.05) is 20.3 Å². The van der Waals surface area contributed by atoms with Gasteiger partial charge in [-0.25, -0.2) is 9.59 Å². The SMILES string of the molecule is CCCCCCCCCCc1ccc(-c2ccc(C(=O)Oc3ccc(C(=O)OC(C(CCCCOCC)OC)C(F)(F)F)cc3)cc2)cc1. The van der Waals surface area contributed by atoms with Crippen molar-refractivity contribution in [3.8, 4) is 16.9 Å². The van der Waals surface area contributed by atoms with Gasteiger partial charge in [-0.2, -0.15) is 13.2 Å². The van der Waals surface area contributed by atoms with Gasteiger partial charge in [-0.3, -0.25) is 0 Å². The minimum atomic E-state index is -4.82. The number of alkyl halides is 3. The molecule has 0 bridgehead atoms. The van der Waals surface area contributed by atoms with Crippen LogP contribution in [0.4, 0.5) is 13.2 Å². The fraction of sp³-hybridized carbons (Fsp3) is 0.500. The van der Waals surface area contributed by atoms with Gasteiger partial charge in [-0.15, -0.1) is 0 Å². The maximum atomic E-state index is 13.8. The van der Waals surface area contributed by atoms with Gasteiger partial charge in [0.2, 0.25) is 6.10 Å². The molecule has 268 valence electrons. The molecular weight excluding hydrogens is 633 g/mol. The first kappa shape index (κ1) is 39.7. The molecule has 3 aromatic rings. The highest BCUT2D eigenvalue weighted by Crippen LogP contribution is 2.30. The molecule has 0 N–H and O–H groups in total. The number of esters is 2. The highest BCUT2D eigenvalue weighted by Gasteiger charge is 2.48. The van der Waals surface area contributed by atoms with E-state index in [0.29, 0.717) is 31.6 Å². The van der Waals surface area contributed by atoms with Crippen LogP contribution in [0.25, 0.3) is 11.1 Å². The standard InChI is InChI=1S/C40H51F3O6/c1-4-6-7-8-9-10-11-12-15-30-17-19-31(20-18-30)32-21-23-33(24-22-32)38(44)48-35-27-25-34(26-28-35)39(45)49-37(40(41,42)43)36(46-3)16-13-14-29-47-5-2/h17-28,36-37H,4-16,29H2,1-3H3. The van der Waals surface area contributed by atoms with E-state index in [4.69, 9.17) is 18.9 Å². The van der Waals surface area contributed by atoms with Crippen molar-refractivity contribution >= 4 is 11.9 Å². The fourth-order valence-corrected chi connectivity index (χ4v) is 5.57. The third-order valence-corrected chi connectivity index (χ3v) is 8.46. The quantitative estimate of drug-likeness (QED) is 0.0596. The largest absolute Gasteiger partial charge is 0.446 e. The molecule has 0 fully saturated rings. The second-order valence-corrected chi connectivity index (χ2v) is 12.2. The Balaban J connectivity index is 1.50. The van der Waals surface area contributed by atoms with Crippen LogP contribution in [0.15, 0.2) is 72.8 Å². The summed E-state index contributed by atoms with van der Waals surface area (Å²) in [6.07, 6.45) is 3.86. The number of carbonyl (C=O) groups excluding carboxylic acids is 2. The number of hydrogen-bond acceptors (Lipinski definition) is 6. The summed E-state index contributed by atoms with van der Waals surface area (Å²) in [4.78, 5) is 25.4. The van der Waals surface area contributed by atoms with Gasteiger partial charge in [-0.1, -0.05) is 88.3 Å². The molecule has 3 rings (SSSR count). The summed E-state index contributed by atoms with van der Waals surface area (Å²) >= 11 is 0. The average Bonchev–Trinajstić information content (AvgIpc) is 3.10. The monoisotopic (exact) mass is 684 g/mol. The van der Waals surface area contributed by atoms with Crippen molar-refractivity contribution in [2.45, 2.75) is 109 Å². The molecule has 0 radical (unpaired) electrons. The number of halogens is 3. The maximum Gasteiger partial charge on any atom is 0.428 e. The molecule has 0 aromatic heterocycles. The third kappa shape index (κ3) is 14.0. The van der Waals surface area contributed by atoms with E-state index >= 15 is 0 Å². The van der Waals surface area contributed by atoms with E-state index in [0.717, 1.165) is 24.7 Å². The van der Waals surface area contributed by atoms with Gasteiger partial charge in [0.25, 0.3) is 0 Å². The molecule has 0 aliphatic rings. The number of benzene rings is 3. The molecule has 0 aliphatic carbocycles. The minimum absolute atomic E-state index is 0.0442. The van der Waals surface area contributed by atoms with Gasteiger partial charge in [0.15, 0.2) is 0 Å². The smallest absolute Gasteiger partial charge is 0.428 e. The average molecular weight is 685 g/mol. The van der Waals surface area contributed by atoms with E-state index in [-0.39, 0.29) is 17.7 Å². The number of aryl methyl sites for hydroxylation is 1. The first-order valence-corrected chi connectivity index (χ1v) is 17.6. The molecule has 0 saturated heterocycles. The zero-order chi connectivity index (χ0) is 35.5. The Kier molecular flexibility index (Phi) is 17.4. The van der Waals surface area contributed by atoms with Crippen molar-refractivity contribution in [3.63, 3.8) is 0 Å². The van der Waals surface area contributed by atoms with E-state index in [1.807, 2.05) is 19.1 Å². The van der Waals surface area contributed by atoms with Crippen molar-refractivity contribution in [1.82, 2.24) is 0 Å². The third-order valence-electron chi connectivity index (χ3n) is 8.46. The van der Waals surface area contributed by atoms with Gasteiger partial charge in [-0.05, 0) is 92.1 Å². The second kappa shape index (κ2) is 21.4. The van der Waals surface area contributed by atoms with E-state index in [2.05, 4.69) is 31.2 Å². The number of methoxy groups -OCH3 is 1. The minimum Gasteiger partial charge on any atom is -0.446 e. The Morgan fingerprint density at radius 2 is 1.22 bits per heavy atom. The van der Waals surface area contributed by atoms with Crippen LogP contribution in [-0.4, -0.2) is 50.6 Å². The van der Waals surface area contributed by atoms with Crippen LogP contribution >= 0.6 is 0 Å². The van der Waals surface area contributed by atoms with Crippen LogP contribution in [0, 0.1) is 0 Å². The highest BCUT2D eigenvalue weighted by atomic mass is 19.4. The van der Waals surface area contributed by atoms with Crippen LogP contribution < -0.4 is 4.74 Å². The zero-order valence-corrected chi connectivity index (χ0v) is 29.1. The number of rotatable bonds is 22. The molecule has 0 heterocycles. The Hall–Kier alpha value is -3.69. The van der Waals surface area contributed by atoms with Gasteiger partial charge in [0.1, 0.15) is 11.9 Å². The molecule has 6 nitrogen and oxygen atoms in total. The molecule has 49 heavy (non-hydrogen) atoms. The van der Waals surface area contributed by atoms with E-state index in [1.165, 1.54) is 81.2 Å². The van der Waals surface area contributed by atoms with Crippen molar-refractivity contribution in [3.05, 3.63) is 89.5 Å².